The summed E-state index contributed by atoms with van der Waals surface area (Å²) in [5.74, 6) is 1.68. The molecule has 0 saturated heterocycles. The molecule has 0 spiro atoms. The highest BCUT2D eigenvalue weighted by Gasteiger charge is 2.15. The molecule has 156 valence electrons. The van der Waals surface area contributed by atoms with Gasteiger partial charge in [0.2, 0.25) is 5.82 Å². The first-order valence-electron chi connectivity index (χ1n) is 9.70. The van der Waals surface area contributed by atoms with Gasteiger partial charge in [-0.15, -0.1) is 0 Å². The number of para-hydroxylation sites is 1. The SMILES string of the molecule is COc1ccc(NC(=O)c2ccccc2OCc2nc(-c3ccccc3)no2)c(C)c1. The number of rotatable bonds is 7. The normalized spacial score (nSPS) is 10.5. The van der Waals surface area contributed by atoms with E-state index >= 15 is 0 Å². The molecular weight excluding hydrogens is 394 g/mol. The number of anilines is 1. The first-order valence-corrected chi connectivity index (χ1v) is 9.70. The monoisotopic (exact) mass is 415 g/mol. The fourth-order valence-electron chi connectivity index (χ4n) is 3.03. The number of carbonyl (C=O) groups is 1. The molecule has 7 nitrogen and oxygen atoms in total. The quantitative estimate of drug-likeness (QED) is 0.463. The van der Waals surface area contributed by atoms with Gasteiger partial charge in [0.25, 0.3) is 11.8 Å². The van der Waals surface area contributed by atoms with Crippen LogP contribution in [0.2, 0.25) is 0 Å². The molecule has 4 aromatic rings. The molecule has 0 bridgehead atoms. The lowest BCUT2D eigenvalue weighted by molar-refractivity contribution is 0.102. The third kappa shape index (κ3) is 4.72. The Hall–Kier alpha value is -4.13. The summed E-state index contributed by atoms with van der Waals surface area (Å²) in [5, 5.41) is 6.90. The average Bonchev–Trinajstić information content (AvgIpc) is 3.29. The lowest BCUT2D eigenvalue weighted by Crippen LogP contribution is -2.14. The maximum absolute atomic E-state index is 12.9. The van der Waals surface area contributed by atoms with Gasteiger partial charge in [-0.1, -0.05) is 47.6 Å². The highest BCUT2D eigenvalue weighted by molar-refractivity contribution is 6.06. The Balaban J connectivity index is 1.46. The van der Waals surface area contributed by atoms with Crippen LogP contribution >= 0.6 is 0 Å². The molecule has 0 fully saturated rings. The van der Waals surface area contributed by atoms with Crippen molar-refractivity contribution < 1.29 is 18.8 Å². The average molecular weight is 415 g/mol. The van der Waals surface area contributed by atoms with Crippen molar-refractivity contribution in [3.63, 3.8) is 0 Å². The van der Waals surface area contributed by atoms with Crippen molar-refractivity contribution in [3.05, 3.63) is 89.8 Å². The molecular formula is C24H21N3O4. The van der Waals surface area contributed by atoms with Crippen LogP contribution in [0.4, 0.5) is 5.69 Å². The molecule has 1 amide bonds. The predicted molar refractivity (Wildman–Crippen MR) is 116 cm³/mol. The predicted octanol–water partition coefficient (Wildman–Crippen LogP) is 4.88. The standard InChI is InChI=1S/C24H21N3O4/c1-16-14-18(29-2)12-13-20(16)25-24(28)19-10-6-7-11-21(19)30-15-22-26-23(27-31-22)17-8-4-3-5-9-17/h3-14H,15H2,1-2H3,(H,25,28). The van der Waals surface area contributed by atoms with E-state index in [0.717, 1.165) is 16.9 Å². The van der Waals surface area contributed by atoms with Gasteiger partial charge in [0.15, 0.2) is 6.61 Å². The lowest BCUT2D eigenvalue weighted by atomic mass is 10.1. The van der Waals surface area contributed by atoms with Crippen molar-refractivity contribution in [3.8, 4) is 22.9 Å². The number of methoxy groups -OCH3 is 1. The topological polar surface area (TPSA) is 86.5 Å². The minimum Gasteiger partial charge on any atom is -0.497 e. The van der Waals surface area contributed by atoms with E-state index in [4.69, 9.17) is 14.0 Å². The smallest absolute Gasteiger partial charge is 0.264 e. The number of nitrogens with one attached hydrogen (secondary N) is 1. The van der Waals surface area contributed by atoms with E-state index in [-0.39, 0.29) is 12.5 Å². The zero-order chi connectivity index (χ0) is 21.6. The second kappa shape index (κ2) is 9.13. The van der Waals surface area contributed by atoms with Gasteiger partial charge >= 0.3 is 0 Å². The Morgan fingerprint density at radius 3 is 2.58 bits per heavy atom. The van der Waals surface area contributed by atoms with Crippen LogP contribution in [0.25, 0.3) is 11.4 Å². The minimum atomic E-state index is -0.278. The molecule has 1 N–H and O–H groups in total. The second-order valence-electron chi connectivity index (χ2n) is 6.80. The summed E-state index contributed by atoms with van der Waals surface area (Å²) in [7, 11) is 1.60. The van der Waals surface area contributed by atoms with Crippen molar-refractivity contribution in [1.82, 2.24) is 10.1 Å². The molecule has 0 aliphatic heterocycles. The van der Waals surface area contributed by atoms with Crippen molar-refractivity contribution >= 4 is 11.6 Å². The highest BCUT2D eigenvalue weighted by Crippen LogP contribution is 2.25. The molecule has 1 aromatic heterocycles. The van der Waals surface area contributed by atoms with Gasteiger partial charge in [-0.25, -0.2) is 0 Å². The molecule has 31 heavy (non-hydrogen) atoms. The fourth-order valence-corrected chi connectivity index (χ4v) is 3.03. The number of amides is 1. The minimum absolute atomic E-state index is 0.0473. The molecule has 0 aliphatic carbocycles. The van der Waals surface area contributed by atoms with Crippen LogP contribution < -0.4 is 14.8 Å². The summed E-state index contributed by atoms with van der Waals surface area (Å²) in [4.78, 5) is 17.2. The van der Waals surface area contributed by atoms with Gasteiger partial charge in [0.05, 0.1) is 12.7 Å². The molecule has 0 atom stereocenters. The summed E-state index contributed by atoms with van der Waals surface area (Å²) < 4.78 is 16.3. The number of benzene rings is 3. The van der Waals surface area contributed by atoms with Crippen LogP contribution in [-0.2, 0) is 6.61 Å². The highest BCUT2D eigenvalue weighted by atomic mass is 16.5. The van der Waals surface area contributed by atoms with E-state index in [0.29, 0.717) is 28.7 Å². The number of aryl methyl sites for hydroxylation is 1. The van der Waals surface area contributed by atoms with Crippen LogP contribution in [0.1, 0.15) is 21.8 Å². The molecule has 0 saturated carbocycles. The van der Waals surface area contributed by atoms with Crippen molar-refractivity contribution in [2.45, 2.75) is 13.5 Å². The van der Waals surface area contributed by atoms with Crippen molar-refractivity contribution in [2.75, 3.05) is 12.4 Å². The van der Waals surface area contributed by atoms with E-state index in [9.17, 15) is 4.79 Å². The van der Waals surface area contributed by atoms with E-state index < -0.39 is 0 Å². The first-order chi connectivity index (χ1) is 15.1. The van der Waals surface area contributed by atoms with Gasteiger partial charge in [-0.2, -0.15) is 4.98 Å². The van der Waals surface area contributed by atoms with Crippen LogP contribution in [-0.4, -0.2) is 23.2 Å². The summed E-state index contributed by atoms with van der Waals surface area (Å²) in [6, 6.07) is 22.0. The van der Waals surface area contributed by atoms with Crippen LogP contribution in [0.3, 0.4) is 0 Å². The Bertz CT molecular complexity index is 1190. The third-order valence-electron chi connectivity index (χ3n) is 4.66. The molecule has 7 heteroatoms. The van der Waals surface area contributed by atoms with Crippen molar-refractivity contribution in [1.29, 1.82) is 0 Å². The number of nitrogens with zero attached hydrogens (tertiary/aromatic N) is 2. The van der Waals surface area contributed by atoms with Gasteiger partial charge in [0.1, 0.15) is 11.5 Å². The molecule has 1 heterocycles. The third-order valence-corrected chi connectivity index (χ3v) is 4.66. The van der Waals surface area contributed by atoms with Gasteiger partial charge in [-0.05, 0) is 42.8 Å². The van der Waals surface area contributed by atoms with Gasteiger partial charge in [-0.3, -0.25) is 4.79 Å². The molecule has 0 aliphatic rings. The van der Waals surface area contributed by atoms with Crippen molar-refractivity contribution in [2.24, 2.45) is 0 Å². The van der Waals surface area contributed by atoms with E-state index in [2.05, 4.69) is 15.5 Å². The molecule has 0 radical (unpaired) electrons. The molecule has 4 rings (SSSR count). The second-order valence-corrected chi connectivity index (χ2v) is 6.80. The number of ether oxygens (including phenoxy) is 2. The maximum atomic E-state index is 12.9. The zero-order valence-corrected chi connectivity index (χ0v) is 17.2. The van der Waals surface area contributed by atoms with E-state index in [1.165, 1.54) is 0 Å². The number of hydrogen-bond acceptors (Lipinski definition) is 6. The largest absolute Gasteiger partial charge is 0.497 e. The van der Waals surface area contributed by atoms with E-state index in [1.807, 2.05) is 43.3 Å². The van der Waals surface area contributed by atoms with Gasteiger partial charge in [0, 0.05) is 11.3 Å². The van der Waals surface area contributed by atoms with Crippen LogP contribution in [0, 0.1) is 6.92 Å². The summed E-state index contributed by atoms with van der Waals surface area (Å²) in [6.07, 6.45) is 0. The Labute approximate surface area is 179 Å². The molecule has 0 unspecified atom stereocenters. The molecule has 3 aromatic carbocycles. The Kier molecular flexibility index (Phi) is 5.93. The van der Waals surface area contributed by atoms with Crippen LogP contribution in [0.15, 0.2) is 77.3 Å². The summed E-state index contributed by atoms with van der Waals surface area (Å²) in [6.45, 7) is 1.95. The number of aromatic nitrogens is 2. The van der Waals surface area contributed by atoms with Gasteiger partial charge < -0.3 is 19.3 Å². The summed E-state index contributed by atoms with van der Waals surface area (Å²) in [5.41, 5.74) is 2.85. The fraction of sp³-hybridized carbons (Fsp3) is 0.125. The maximum Gasteiger partial charge on any atom is 0.264 e. The Morgan fingerprint density at radius 2 is 1.81 bits per heavy atom. The summed E-state index contributed by atoms with van der Waals surface area (Å²) >= 11 is 0. The zero-order valence-electron chi connectivity index (χ0n) is 17.2. The van der Waals surface area contributed by atoms with E-state index in [1.54, 1.807) is 43.5 Å². The first kappa shape index (κ1) is 20.2. The number of carbonyl (C=O) groups excluding carboxylic acids is 1. The van der Waals surface area contributed by atoms with Crippen LogP contribution in [0.5, 0.6) is 11.5 Å². The number of hydrogen-bond donors (Lipinski definition) is 1. The lowest BCUT2D eigenvalue weighted by Gasteiger charge is -2.12. The Morgan fingerprint density at radius 1 is 1.03 bits per heavy atom.